The van der Waals surface area contributed by atoms with Crippen LogP contribution < -0.4 is 0 Å². The van der Waals surface area contributed by atoms with Gasteiger partial charge in [-0.25, -0.2) is 4.98 Å². The molecule has 0 unspecified atom stereocenters. The van der Waals surface area contributed by atoms with E-state index < -0.39 is 10.0 Å². The minimum atomic E-state index is -1.73. The predicted molar refractivity (Wildman–Crippen MR) is 145 cm³/mol. The first-order chi connectivity index (χ1) is 17.4. The normalized spacial score (nSPS) is 12.5. The van der Waals surface area contributed by atoms with Crippen LogP contribution in [-0.4, -0.2) is 14.4 Å². The number of nitrogens with one attached hydrogen (secondary N) is 1. The zero-order valence-electron chi connectivity index (χ0n) is 19.0. The minimum absolute atomic E-state index is 0.873. The Hall–Kier alpha value is -4.28. The third-order valence-corrected chi connectivity index (χ3v) is 10.6. The largest absolute Gasteiger partial charge is 0.323 e. The molecule has 0 radical (unpaired) electrons. The Kier molecular flexibility index (Phi) is 4.54. The van der Waals surface area contributed by atoms with Gasteiger partial charge in [-0.3, -0.25) is 4.40 Å². The van der Waals surface area contributed by atoms with Crippen LogP contribution in [0.2, 0.25) is 0 Å². The van der Waals surface area contributed by atoms with Crippen LogP contribution in [-0.2, 0) is 0 Å². The van der Waals surface area contributed by atoms with E-state index in [9.17, 15) is 0 Å². The van der Waals surface area contributed by atoms with Gasteiger partial charge < -0.3 is 4.98 Å². The van der Waals surface area contributed by atoms with Crippen molar-refractivity contribution in [3.63, 3.8) is 0 Å². The number of para-hydroxylation sites is 2. The molecule has 0 bridgehead atoms. The van der Waals surface area contributed by atoms with E-state index >= 15 is 0 Å². The van der Waals surface area contributed by atoms with Crippen LogP contribution in [0.1, 0.15) is 0 Å². The van der Waals surface area contributed by atoms with Crippen molar-refractivity contribution in [3.8, 4) is 0 Å². The van der Waals surface area contributed by atoms with Gasteiger partial charge in [0, 0.05) is 19.6 Å². The van der Waals surface area contributed by atoms with Crippen molar-refractivity contribution < 1.29 is 0 Å². The number of hydrogen-bond donors (Lipinski definition) is 1. The quantitative estimate of drug-likeness (QED) is 0.276. The summed E-state index contributed by atoms with van der Waals surface area (Å²) in [4.78, 5) is 13.6. The molecule has 5 aromatic carbocycles. The smallest absolute Gasteiger partial charge is 0.213 e. The van der Waals surface area contributed by atoms with Gasteiger partial charge in [-0.15, -0.1) is 10.0 Å². The monoisotopic (exact) mass is 469 g/mol. The summed E-state index contributed by atoms with van der Waals surface area (Å²) in [6.07, 6.45) is 0. The Bertz CT molecular complexity index is 1690. The Morgan fingerprint density at radius 3 is 1.66 bits per heavy atom. The van der Waals surface area contributed by atoms with E-state index in [2.05, 4.69) is 137 Å². The highest BCUT2D eigenvalue weighted by Gasteiger charge is 2.33. The molecule has 3 nitrogen and oxygen atoms in total. The first-order valence-corrected chi connectivity index (χ1v) is 13.4. The van der Waals surface area contributed by atoms with Gasteiger partial charge in [0.15, 0.2) is 0 Å². The maximum Gasteiger partial charge on any atom is 0.213 e. The molecule has 7 aromatic rings. The molecular formula is C31H23N3S. The number of benzene rings is 5. The van der Waals surface area contributed by atoms with E-state index in [1.807, 2.05) is 6.07 Å². The molecule has 0 saturated carbocycles. The summed E-state index contributed by atoms with van der Waals surface area (Å²) in [5, 5.41) is 0. The first kappa shape index (κ1) is 20.1. The third-order valence-electron chi connectivity index (χ3n) is 6.66. The van der Waals surface area contributed by atoms with Crippen LogP contribution in [0.3, 0.4) is 0 Å². The number of hydrogen-bond acceptors (Lipinski definition) is 1. The van der Waals surface area contributed by atoms with Crippen LogP contribution in [0.5, 0.6) is 0 Å². The van der Waals surface area contributed by atoms with Crippen LogP contribution in [0, 0.1) is 0 Å². The van der Waals surface area contributed by atoms with Gasteiger partial charge in [0.2, 0.25) is 5.78 Å². The number of aromatic nitrogens is 3. The minimum Gasteiger partial charge on any atom is -0.323 e. The number of fused-ring (bicyclic) bond motifs is 5. The summed E-state index contributed by atoms with van der Waals surface area (Å²) >= 11 is 0. The summed E-state index contributed by atoms with van der Waals surface area (Å²) < 4.78 is 2.25. The van der Waals surface area contributed by atoms with Gasteiger partial charge in [0.25, 0.3) is 0 Å². The van der Waals surface area contributed by atoms with Crippen LogP contribution in [0.25, 0.3) is 27.8 Å². The van der Waals surface area contributed by atoms with Crippen LogP contribution >= 0.6 is 10.0 Å². The lowest BCUT2D eigenvalue weighted by Gasteiger charge is -2.42. The zero-order valence-corrected chi connectivity index (χ0v) is 19.8. The van der Waals surface area contributed by atoms with E-state index in [1.54, 1.807) is 0 Å². The second kappa shape index (κ2) is 7.90. The number of aromatic amines is 1. The number of rotatable bonds is 4. The van der Waals surface area contributed by atoms with Crippen molar-refractivity contribution in [1.82, 2.24) is 14.4 Å². The highest BCUT2D eigenvalue weighted by Crippen LogP contribution is 2.73. The average molecular weight is 470 g/mol. The van der Waals surface area contributed by atoms with E-state index in [1.165, 1.54) is 19.6 Å². The average Bonchev–Trinajstić information content (AvgIpc) is 3.47. The SMILES string of the molecule is c1ccc(S(c2ccccc2)(c2ccccc2)c2ccc3[nH]c4nc5ccccc5n4c3c2)cc1. The molecule has 0 aliphatic heterocycles. The topological polar surface area (TPSA) is 33.1 Å². The van der Waals surface area contributed by atoms with E-state index in [0.29, 0.717) is 0 Å². The van der Waals surface area contributed by atoms with E-state index in [0.717, 1.165) is 27.8 Å². The summed E-state index contributed by atoms with van der Waals surface area (Å²) in [6, 6.07) is 48.1. The Balaban J connectivity index is 1.62. The molecule has 4 heteroatoms. The molecule has 35 heavy (non-hydrogen) atoms. The van der Waals surface area contributed by atoms with Crippen molar-refractivity contribution in [1.29, 1.82) is 0 Å². The second-order valence-electron chi connectivity index (χ2n) is 8.62. The number of H-pyrrole nitrogens is 1. The second-order valence-corrected chi connectivity index (χ2v) is 11.7. The number of imidazole rings is 2. The lowest BCUT2D eigenvalue weighted by atomic mass is 10.3. The van der Waals surface area contributed by atoms with E-state index in [4.69, 9.17) is 4.98 Å². The zero-order chi connectivity index (χ0) is 23.2. The summed E-state index contributed by atoms with van der Waals surface area (Å²) in [7, 11) is -1.73. The van der Waals surface area contributed by atoms with Crippen molar-refractivity contribution in [3.05, 3.63) is 133 Å². The molecule has 0 saturated heterocycles. The summed E-state index contributed by atoms with van der Waals surface area (Å²) in [5.41, 5.74) is 4.35. The first-order valence-electron chi connectivity index (χ1n) is 11.7. The Morgan fingerprint density at radius 1 is 0.514 bits per heavy atom. The van der Waals surface area contributed by atoms with Crippen LogP contribution in [0.4, 0.5) is 0 Å². The highest BCUT2D eigenvalue weighted by molar-refractivity contribution is 8.34. The lowest BCUT2D eigenvalue weighted by molar-refractivity contribution is 1.24. The Labute approximate surface area is 205 Å². The molecular weight excluding hydrogens is 446 g/mol. The summed E-state index contributed by atoms with van der Waals surface area (Å²) in [6.45, 7) is 0. The molecule has 168 valence electrons. The van der Waals surface area contributed by atoms with Crippen molar-refractivity contribution in [2.75, 3.05) is 0 Å². The molecule has 0 spiro atoms. The van der Waals surface area contributed by atoms with Crippen molar-refractivity contribution in [2.24, 2.45) is 0 Å². The van der Waals surface area contributed by atoms with Crippen molar-refractivity contribution in [2.45, 2.75) is 19.6 Å². The molecule has 0 amide bonds. The van der Waals surface area contributed by atoms with E-state index in [-0.39, 0.29) is 0 Å². The molecule has 1 N–H and O–H groups in total. The third kappa shape index (κ3) is 2.97. The molecule has 0 fully saturated rings. The molecule has 0 atom stereocenters. The lowest BCUT2D eigenvalue weighted by Crippen LogP contribution is -2.05. The van der Waals surface area contributed by atoms with Gasteiger partial charge in [-0.1, -0.05) is 66.7 Å². The van der Waals surface area contributed by atoms with Gasteiger partial charge in [-0.2, -0.15) is 0 Å². The Morgan fingerprint density at radius 2 is 1.06 bits per heavy atom. The standard InChI is InChI=1S/C31H23N3S/c1-4-12-23(13-5-1)35(24-14-6-2-7-15-24,25-16-8-3-9-17-25)26-20-21-28-30(22-26)34-29-19-11-10-18-27(29)32-31(34)33-28/h1-22H,(H,32,33). The number of nitrogens with zero attached hydrogens (tertiary/aromatic N) is 2. The molecule has 2 heterocycles. The molecule has 7 rings (SSSR count). The molecule has 0 aliphatic rings. The fourth-order valence-electron chi connectivity index (χ4n) is 5.16. The van der Waals surface area contributed by atoms with Crippen molar-refractivity contribution >= 4 is 37.9 Å². The van der Waals surface area contributed by atoms with Gasteiger partial charge in [-0.05, 0) is 66.7 Å². The van der Waals surface area contributed by atoms with Gasteiger partial charge in [0.1, 0.15) is 0 Å². The summed E-state index contributed by atoms with van der Waals surface area (Å²) in [5.74, 6) is 0.873. The maximum absolute atomic E-state index is 4.83. The van der Waals surface area contributed by atoms with Gasteiger partial charge >= 0.3 is 0 Å². The maximum atomic E-state index is 4.83. The molecule has 0 aliphatic carbocycles. The fourth-order valence-corrected chi connectivity index (χ4v) is 9.05. The molecule has 2 aromatic heterocycles. The van der Waals surface area contributed by atoms with Crippen LogP contribution in [0.15, 0.2) is 153 Å². The predicted octanol–water partition coefficient (Wildman–Crippen LogP) is 8.31. The highest BCUT2D eigenvalue weighted by atomic mass is 32.3. The fraction of sp³-hybridized carbons (Fsp3) is 0. The van der Waals surface area contributed by atoms with Gasteiger partial charge in [0.05, 0.1) is 22.1 Å².